The van der Waals surface area contributed by atoms with Crippen LogP contribution >= 0.6 is 11.8 Å². The summed E-state index contributed by atoms with van der Waals surface area (Å²) >= 11 is 1.03. The molecule has 1 aliphatic rings. The molecule has 1 heterocycles. The van der Waals surface area contributed by atoms with Crippen LogP contribution in [-0.4, -0.2) is 119 Å². The lowest BCUT2D eigenvalue weighted by atomic mass is 10.0. The number of nitrogens with two attached hydrogens (primary N) is 4. The molecule has 1 aromatic carbocycles. The third-order valence-corrected chi connectivity index (χ3v) is 8.47. The summed E-state index contributed by atoms with van der Waals surface area (Å²) < 4.78 is 0. The average Bonchev–Trinajstić information content (AvgIpc) is 3.52. The molecule has 1 fully saturated rings. The smallest absolute Gasteiger partial charge is 0.246 e. The number of likely N-dealkylation sites (tertiary alicyclic amines) is 1. The van der Waals surface area contributed by atoms with Crippen LogP contribution in [0.3, 0.4) is 0 Å². The highest BCUT2D eigenvalue weighted by molar-refractivity contribution is 8.00. The van der Waals surface area contributed by atoms with Gasteiger partial charge in [-0.3, -0.25) is 38.4 Å². The molecule has 0 bridgehead atoms. The molecule has 5 atom stereocenters. The number of nitrogens with zero attached hydrogens (tertiary/aromatic N) is 2. The summed E-state index contributed by atoms with van der Waals surface area (Å²) in [5.41, 5.74) is 22.3. The van der Waals surface area contributed by atoms with E-state index in [9.17, 15) is 38.4 Å². The summed E-state index contributed by atoms with van der Waals surface area (Å²) in [5.74, 6) is -5.69. The van der Waals surface area contributed by atoms with Gasteiger partial charge in [0.2, 0.25) is 47.3 Å². The molecule has 18 heteroatoms. The second-order valence-corrected chi connectivity index (χ2v) is 12.1. The Labute approximate surface area is 276 Å². The van der Waals surface area contributed by atoms with E-state index in [1.54, 1.807) is 30.3 Å². The third-order valence-electron chi connectivity index (χ3n) is 7.41. The second kappa shape index (κ2) is 18.4. The predicted octanol–water partition coefficient (Wildman–Crippen LogP) is -3.94. The number of nitrogens with one attached hydrogen (secondary N) is 3. The number of hydrogen-bond donors (Lipinski definition) is 7. The number of benzene rings is 1. The lowest BCUT2D eigenvalue weighted by Crippen LogP contribution is -2.58. The normalized spacial score (nSPS) is 16.6. The number of amides is 8. The van der Waals surface area contributed by atoms with Crippen molar-refractivity contribution in [2.45, 2.75) is 62.8 Å². The minimum absolute atomic E-state index is 0.0369. The molecule has 47 heavy (non-hydrogen) atoms. The number of likely N-dealkylation sites (N-methyl/N-ethyl adjacent to an activating group) is 1. The molecule has 0 unspecified atom stereocenters. The number of rotatable bonds is 18. The molecule has 1 aliphatic heterocycles. The lowest BCUT2D eigenvalue weighted by molar-refractivity contribution is -0.144. The zero-order valence-corrected chi connectivity index (χ0v) is 27.1. The van der Waals surface area contributed by atoms with Gasteiger partial charge in [0.05, 0.1) is 24.8 Å². The quantitative estimate of drug-likeness (QED) is 0.0792. The van der Waals surface area contributed by atoms with E-state index >= 15 is 0 Å². The Hall–Kier alpha value is -4.71. The molecule has 1 aromatic rings. The number of hydrogen-bond acceptors (Lipinski definition) is 10. The van der Waals surface area contributed by atoms with Crippen molar-refractivity contribution in [3.63, 3.8) is 0 Å². The van der Waals surface area contributed by atoms with Gasteiger partial charge in [0, 0.05) is 25.8 Å². The Morgan fingerprint density at radius 3 is 2.21 bits per heavy atom. The zero-order valence-electron chi connectivity index (χ0n) is 26.3. The molecule has 1 saturated heterocycles. The van der Waals surface area contributed by atoms with Crippen LogP contribution in [0.2, 0.25) is 0 Å². The Morgan fingerprint density at radius 1 is 0.957 bits per heavy atom. The van der Waals surface area contributed by atoms with Crippen molar-refractivity contribution in [1.29, 1.82) is 0 Å². The van der Waals surface area contributed by atoms with Crippen LogP contribution in [0.4, 0.5) is 0 Å². The second-order valence-electron chi connectivity index (χ2n) is 11.1. The van der Waals surface area contributed by atoms with Crippen LogP contribution in [0, 0.1) is 0 Å². The first-order valence-corrected chi connectivity index (χ1v) is 16.0. The fraction of sp³-hybridized carbons (Fsp3) is 0.517. The van der Waals surface area contributed by atoms with Gasteiger partial charge in [-0.15, -0.1) is 11.8 Å². The van der Waals surface area contributed by atoms with Gasteiger partial charge in [-0.2, -0.15) is 0 Å². The summed E-state index contributed by atoms with van der Waals surface area (Å²) in [6.45, 7) is 1.24. The fourth-order valence-electron chi connectivity index (χ4n) is 4.78. The highest BCUT2D eigenvalue weighted by Crippen LogP contribution is 2.19. The molecule has 0 radical (unpaired) electrons. The van der Waals surface area contributed by atoms with Crippen molar-refractivity contribution in [3.05, 3.63) is 35.9 Å². The van der Waals surface area contributed by atoms with E-state index in [4.69, 9.17) is 22.9 Å². The van der Waals surface area contributed by atoms with Gasteiger partial charge in [-0.05, 0) is 25.3 Å². The molecular formula is C29H43N9O8S. The number of primary amides is 3. The van der Waals surface area contributed by atoms with Crippen LogP contribution in [-0.2, 0) is 44.8 Å². The van der Waals surface area contributed by atoms with Crippen molar-refractivity contribution in [2.24, 2.45) is 22.9 Å². The zero-order chi connectivity index (χ0) is 35.3. The summed E-state index contributed by atoms with van der Waals surface area (Å²) in [7, 11) is 1.35. The molecule has 11 N–H and O–H groups in total. The lowest BCUT2D eigenvalue weighted by Gasteiger charge is -2.31. The largest absolute Gasteiger partial charge is 0.370 e. The third kappa shape index (κ3) is 12.2. The van der Waals surface area contributed by atoms with Gasteiger partial charge in [0.25, 0.3) is 0 Å². The number of carbonyl (C=O) groups excluding carboxylic acids is 8. The van der Waals surface area contributed by atoms with E-state index in [0.717, 1.165) is 22.2 Å². The van der Waals surface area contributed by atoms with Gasteiger partial charge in [0.15, 0.2) is 0 Å². The maximum Gasteiger partial charge on any atom is 0.246 e. The summed E-state index contributed by atoms with van der Waals surface area (Å²) in [5, 5.41) is 7.42. The summed E-state index contributed by atoms with van der Waals surface area (Å²) in [6, 6.07) is 3.26. The molecular weight excluding hydrogens is 634 g/mol. The highest BCUT2D eigenvalue weighted by Gasteiger charge is 2.38. The summed E-state index contributed by atoms with van der Waals surface area (Å²) in [6.07, 6.45) is 0.391. The molecule has 8 amide bonds. The van der Waals surface area contributed by atoms with Crippen molar-refractivity contribution in [2.75, 3.05) is 31.6 Å². The highest BCUT2D eigenvalue weighted by atomic mass is 32.2. The first-order valence-electron chi connectivity index (χ1n) is 14.8. The SMILES string of the molecule is C[C@@H](C(=O)N[C@@H](CC(N)=O)C(=O)N1CCC[C@H]1C(N)=O)N(C)C(=O)[C@H](Cc1ccccc1)NC(=O)CSC[C@H](N)C(=O)NCC(N)=O. The van der Waals surface area contributed by atoms with Gasteiger partial charge in [0.1, 0.15) is 24.2 Å². The van der Waals surface area contributed by atoms with E-state index in [1.807, 2.05) is 0 Å². The van der Waals surface area contributed by atoms with Crippen LogP contribution in [0.25, 0.3) is 0 Å². The molecule has 2 rings (SSSR count). The van der Waals surface area contributed by atoms with Gasteiger partial charge in [-0.25, -0.2) is 0 Å². The fourth-order valence-corrected chi connectivity index (χ4v) is 5.57. The molecule has 17 nitrogen and oxygen atoms in total. The minimum Gasteiger partial charge on any atom is -0.370 e. The molecule has 0 saturated carbocycles. The van der Waals surface area contributed by atoms with E-state index in [1.165, 1.54) is 18.9 Å². The Balaban J connectivity index is 2.11. The monoisotopic (exact) mass is 677 g/mol. The maximum absolute atomic E-state index is 13.7. The van der Waals surface area contributed by atoms with Gasteiger partial charge in [-0.1, -0.05) is 30.3 Å². The first kappa shape index (κ1) is 38.5. The van der Waals surface area contributed by atoms with E-state index in [2.05, 4.69) is 16.0 Å². The van der Waals surface area contributed by atoms with E-state index in [0.29, 0.717) is 12.8 Å². The van der Waals surface area contributed by atoms with Crippen molar-refractivity contribution in [1.82, 2.24) is 25.8 Å². The van der Waals surface area contributed by atoms with Gasteiger partial charge < -0.3 is 48.7 Å². The van der Waals surface area contributed by atoms with Crippen LogP contribution < -0.4 is 38.9 Å². The Morgan fingerprint density at radius 2 is 1.62 bits per heavy atom. The van der Waals surface area contributed by atoms with E-state index in [-0.39, 0.29) is 31.0 Å². The standard InChI is InChI=1S/C29H43N9O8S/c1-16(26(43)36-20(12-22(31)39)29(46)38-10-6-9-21(38)25(33)42)37(2)28(45)19(11-17-7-4-3-5-8-17)35-24(41)15-47-14-18(30)27(44)34-13-23(32)40/h3-5,7-8,16,18-21H,6,9-15,30H2,1-2H3,(H2,31,39)(H2,32,40)(H2,33,42)(H,34,44)(H,35,41)(H,36,43)/t16-,18-,19-,20-,21-/m0/s1. The number of carbonyl (C=O) groups is 8. The summed E-state index contributed by atoms with van der Waals surface area (Å²) in [4.78, 5) is 102. The Bertz CT molecular complexity index is 1330. The predicted molar refractivity (Wildman–Crippen MR) is 171 cm³/mol. The van der Waals surface area contributed by atoms with Crippen LogP contribution in [0.5, 0.6) is 0 Å². The van der Waals surface area contributed by atoms with Gasteiger partial charge >= 0.3 is 0 Å². The van der Waals surface area contributed by atoms with Crippen molar-refractivity contribution in [3.8, 4) is 0 Å². The van der Waals surface area contributed by atoms with Crippen molar-refractivity contribution < 1.29 is 38.4 Å². The Kier molecular flexibility index (Phi) is 15.1. The maximum atomic E-state index is 13.7. The molecule has 258 valence electrons. The minimum atomic E-state index is -1.40. The average molecular weight is 678 g/mol. The van der Waals surface area contributed by atoms with Crippen molar-refractivity contribution >= 4 is 59.0 Å². The van der Waals surface area contributed by atoms with Crippen LogP contribution in [0.15, 0.2) is 30.3 Å². The molecule has 0 aliphatic carbocycles. The topological polar surface area (TPSA) is 283 Å². The number of thioether (sulfide) groups is 1. The molecule has 0 aromatic heterocycles. The molecule has 0 spiro atoms. The first-order chi connectivity index (χ1) is 22.1. The van der Waals surface area contributed by atoms with E-state index < -0.39 is 83.9 Å². The van der Waals surface area contributed by atoms with Crippen LogP contribution in [0.1, 0.15) is 31.7 Å².